The van der Waals surface area contributed by atoms with Crippen LogP contribution in [0.4, 0.5) is 8.78 Å². The van der Waals surface area contributed by atoms with Crippen LogP contribution in [0.25, 0.3) is 0 Å². The Balaban J connectivity index is 1.97. The lowest BCUT2D eigenvalue weighted by molar-refractivity contribution is 0.0264. The van der Waals surface area contributed by atoms with Gasteiger partial charge in [-0.2, -0.15) is 0 Å². The van der Waals surface area contributed by atoms with Crippen LogP contribution in [0.2, 0.25) is 0 Å². The van der Waals surface area contributed by atoms with Crippen LogP contribution in [0.15, 0.2) is 18.2 Å². The van der Waals surface area contributed by atoms with Gasteiger partial charge >= 0.3 is 0 Å². The molecule has 1 atom stereocenters. The lowest BCUT2D eigenvalue weighted by Crippen LogP contribution is -2.43. The molecule has 1 fully saturated rings. The SMILES string of the molecule is O=C(NCC1(O)CCOC1)c1ccc(F)c(F)c1. The smallest absolute Gasteiger partial charge is 0.251 e. The second-order valence-electron chi connectivity index (χ2n) is 4.34. The molecule has 0 radical (unpaired) electrons. The van der Waals surface area contributed by atoms with Crippen molar-refractivity contribution in [3.8, 4) is 0 Å². The highest BCUT2D eigenvalue weighted by atomic mass is 19.2. The van der Waals surface area contributed by atoms with E-state index in [2.05, 4.69) is 5.32 Å². The molecule has 1 unspecified atom stereocenters. The van der Waals surface area contributed by atoms with Crippen LogP contribution < -0.4 is 5.32 Å². The second kappa shape index (κ2) is 4.99. The third-order valence-electron chi connectivity index (χ3n) is 2.84. The number of amides is 1. The summed E-state index contributed by atoms with van der Waals surface area (Å²) in [6.45, 7) is 0.618. The van der Waals surface area contributed by atoms with Gasteiger partial charge in [0, 0.05) is 25.1 Å². The number of carbonyl (C=O) groups excluding carboxylic acids is 1. The van der Waals surface area contributed by atoms with Crippen molar-refractivity contribution in [1.82, 2.24) is 5.32 Å². The summed E-state index contributed by atoms with van der Waals surface area (Å²) in [5.74, 6) is -2.64. The topological polar surface area (TPSA) is 58.6 Å². The number of rotatable bonds is 3. The zero-order valence-electron chi connectivity index (χ0n) is 9.58. The minimum absolute atomic E-state index is 0.0106. The van der Waals surface area contributed by atoms with Crippen LogP contribution in [0, 0.1) is 11.6 Å². The van der Waals surface area contributed by atoms with E-state index in [9.17, 15) is 18.7 Å². The molecule has 1 aromatic carbocycles. The van der Waals surface area contributed by atoms with E-state index in [1.807, 2.05) is 0 Å². The van der Waals surface area contributed by atoms with E-state index in [1.54, 1.807) is 0 Å². The highest BCUT2D eigenvalue weighted by Crippen LogP contribution is 2.17. The Kier molecular flexibility index (Phi) is 3.58. The van der Waals surface area contributed by atoms with Crippen LogP contribution in [0.3, 0.4) is 0 Å². The predicted octanol–water partition coefficient (Wildman–Crippen LogP) is 0.846. The van der Waals surface area contributed by atoms with Crippen molar-refractivity contribution in [3.63, 3.8) is 0 Å². The summed E-state index contributed by atoms with van der Waals surface area (Å²) in [6, 6.07) is 2.89. The number of hydrogen-bond acceptors (Lipinski definition) is 3. The van der Waals surface area contributed by atoms with E-state index in [0.717, 1.165) is 12.1 Å². The molecule has 0 spiro atoms. The Morgan fingerprint density at radius 1 is 1.44 bits per heavy atom. The minimum Gasteiger partial charge on any atom is -0.386 e. The summed E-state index contributed by atoms with van der Waals surface area (Å²) in [5.41, 5.74) is -1.06. The molecular weight excluding hydrogens is 244 g/mol. The monoisotopic (exact) mass is 257 g/mol. The summed E-state index contributed by atoms with van der Waals surface area (Å²) in [6.07, 6.45) is 0.436. The fraction of sp³-hybridized carbons (Fsp3) is 0.417. The molecule has 0 aliphatic carbocycles. The maximum absolute atomic E-state index is 12.9. The lowest BCUT2D eigenvalue weighted by Gasteiger charge is -2.20. The Hall–Kier alpha value is -1.53. The molecule has 1 saturated heterocycles. The van der Waals surface area contributed by atoms with Crippen molar-refractivity contribution < 1.29 is 23.4 Å². The molecule has 2 rings (SSSR count). The number of nitrogens with one attached hydrogen (secondary N) is 1. The number of halogens is 2. The standard InChI is InChI=1S/C12H13F2NO3/c13-9-2-1-8(5-10(9)14)11(16)15-6-12(17)3-4-18-7-12/h1-2,5,17H,3-4,6-7H2,(H,15,16). The first-order valence-corrected chi connectivity index (χ1v) is 5.54. The van der Waals surface area contributed by atoms with Crippen molar-refractivity contribution in [1.29, 1.82) is 0 Å². The van der Waals surface area contributed by atoms with Crippen molar-refractivity contribution in [2.45, 2.75) is 12.0 Å². The quantitative estimate of drug-likeness (QED) is 0.843. The largest absolute Gasteiger partial charge is 0.386 e. The molecule has 0 bridgehead atoms. The molecule has 1 aromatic rings. The van der Waals surface area contributed by atoms with Gasteiger partial charge in [-0.25, -0.2) is 8.78 Å². The molecular formula is C12H13F2NO3. The van der Waals surface area contributed by atoms with Crippen molar-refractivity contribution in [2.24, 2.45) is 0 Å². The summed E-state index contributed by atoms with van der Waals surface area (Å²) in [7, 11) is 0. The van der Waals surface area contributed by atoms with Crippen molar-refractivity contribution in [3.05, 3.63) is 35.4 Å². The van der Waals surface area contributed by atoms with E-state index in [0.29, 0.717) is 13.0 Å². The third kappa shape index (κ3) is 2.83. The van der Waals surface area contributed by atoms with E-state index in [-0.39, 0.29) is 18.7 Å². The third-order valence-corrected chi connectivity index (χ3v) is 2.84. The highest BCUT2D eigenvalue weighted by molar-refractivity contribution is 5.94. The predicted molar refractivity (Wildman–Crippen MR) is 59.1 cm³/mol. The first-order chi connectivity index (χ1) is 8.50. The molecule has 1 heterocycles. The van der Waals surface area contributed by atoms with Crippen LogP contribution in [0.1, 0.15) is 16.8 Å². The van der Waals surface area contributed by atoms with E-state index in [4.69, 9.17) is 4.74 Å². The Morgan fingerprint density at radius 3 is 2.83 bits per heavy atom. The second-order valence-corrected chi connectivity index (χ2v) is 4.34. The number of aliphatic hydroxyl groups is 1. The number of carbonyl (C=O) groups is 1. The molecule has 1 aliphatic heterocycles. The van der Waals surface area contributed by atoms with Crippen LogP contribution in [-0.4, -0.2) is 36.4 Å². The van der Waals surface area contributed by atoms with Crippen LogP contribution in [0.5, 0.6) is 0 Å². The average molecular weight is 257 g/mol. The zero-order chi connectivity index (χ0) is 13.2. The first kappa shape index (κ1) is 12.9. The number of benzene rings is 1. The van der Waals surface area contributed by atoms with Gasteiger partial charge in [0.15, 0.2) is 11.6 Å². The van der Waals surface area contributed by atoms with Gasteiger partial charge in [0.1, 0.15) is 5.60 Å². The van der Waals surface area contributed by atoms with Crippen LogP contribution >= 0.6 is 0 Å². The molecule has 2 N–H and O–H groups in total. The maximum Gasteiger partial charge on any atom is 0.251 e. The van der Waals surface area contributed by atoms with E-state index >= 15 is 0 Å². The van der Waals surface area contributed by atoms with Crippen molar-refractivity contribution in [2.75, 3.05) is 19.8 Å². The van der Waals surface area contributed by atoms with Crippen LogP contribution in [-0.2, 0) is 4.74 Å². The fourth-order valence-corrected chi connectivity index (χ4v) is 1.72. The molecule has 0 aromatic heterocycles. The average Bonchev–Trinajstić information content (AvgIpc) is 2.77. The Morgan fingerprint density at radius 2 is 2.22 bits per heavy atom. The normalized spacial score (nSPS) is 23.1. The summed E-state index contributed by atoms with van der Waals surface area (Å²) in [4.78, 5) is 11.7. The zero-order valence-corrected chi connectivity index (χ0v) is 9.58. The highest BCUT2D eigenvalue weighted by Gasteiger charge is 2.32. The molecule has 4 nitrogen and oxygen atoms in total. The molecule has 18 heavy (non-hydrogen) atoms. The molecule has 98 valence electrons. The summed E-state index contributed by atoms with van der Waals surface area (Å²) in [5, 5.41) is 12.4. The summed E-state index contributed by atoms with van der Waals surface area (Å²) < 4.78 is 30.6. The molecule has 6 heteroatoms. The number of hydrogen-bond donors (Lipinski definition) is 2. The van der Waals surface area contributed by atoms with Gasteiger partial charge in [-0.3, -0.25) is 4.79 Å². The Bertz CT molecular complexity index is 459. The first-order valence-electron chi connectivity index (χ1n) is 5.54. The van der Waals surface area contributed by atoms with E-state index < -0.39 is 23.1 Å². The molecule has 1 amide bonds. The molecule has 1 aliphatic rings. The number of ether oxygens (including phenoxy) is 1. The van der Waals surface area contributed by atoms with Gasteiger partial charge in [-0.15, -0.1) is 0 Å². The van der Waals surface area contributed by atoms with Gasteiger partial charge in [0.05, 0.1) is 6.61 Å². The van der Waals surface area contributed by atoms with Gasteiger partial charge < -0.3 is 15.2 Å². The van der Waals surface area contributed by atoms with Gasteiger partial charge in [0.25, 0.3) is 5.91 Å². The fourth-order valence-electron chi connectivity index (χ4n) is 1.72. The lowest BCUT2D eigenvalue weighted by atomic mass is 10.0. The van der Waals surface area contributed by atoms with Crippen molar-refractivity contribution >= 4 is 5.91 Å². The van der Waals surface area contributed by atoms with Gasteiger partial charge in [0.2, 0.25) is 0 Å². The maximum atomic E-state index is 12.9. The Labute approximate surface area is 103 Å². The minimum atomic E-state index is -1.08. The van der Waals surface area contributed by atoms with Gasteiger partial charge in [-0.1, -0.05) is 0 Å². The summed E-state index contributed by atoms with van der Waals surface area (Å²) >= 11 is 0. The van der Waals surface area contributed by atoms with Gasteiger partial charge in [-0.05, 0) is 18.2 Å². The van der Waals surface area contributed by atoms with E-state index in [1.165, 1.54) is 6.07 Å². The molecule has 0 saturated carbocycles.